The zero-order valence-electron chi connectivity index (χ0n) is 16.1. The number of hydrogen-bond donors (Lipinski definition) is 2. The van der Waals surface area contributed by atoms with E-state index in [4.69, 9.17) is 0 Å². The van der Waals surface area contributed by atoms with Crippen LogP contribution in [0.5, 0.6) is 0 Å². The van der Waals surface area contributed by atoms with Crippen molar-refractivity contribution in [1.82, 2.24) is 20.4 Å². The van der Waals surface area contributed by atoms with E-state index in [1.807, 2.05) is 55.8 Å². The highest BCUT2D eigenvalue weighted by Gasteiger charge is 2.28. The van der Waals surface area contributed by atoms with E-state index in [0.717, 1.165) is 22.6 Å². The summed E-state index contributed by atoms with van der Waals surface area (Å²) in [4.78, 5) is 4.68. The van der Waals surface area contributed by atoms with Gasteiger partial charge in [-0.15, -0.1) is 0 Å². The maximum atomic E-state index is 11.7. The number of rotatable bonds is 5. The Hall–Kier alpha value is -2.35. The first-order chi connectivity index (χ1) is 12.9. The Balaban J connectivity index is 1.79. The van der Waals surface area contributed by atoms with Gasteiger partial charge in [-0.1, -0.05) is 18.2 Å². The summed E-state index contributed by atoms with van der Waals surface area (Å²) in [7, 11) is -2.93. The van der Waals surface area contributed by atoms with Crippen LogP contribution in [0.2, 0.25) is 0 Å². The first-order valence-corrected chi connectivity index (χ1v) is 11.1. The molecule has 0 amide bonds. The van der Waals surface area contributed by atoms with E-state index < -0.39 is 9.84 Å². The Morgan fingerprint density at radius 2 is 2.11 bits per heavy atom. The molecule has 1 fully saturated rings. The zero-order chi connectivity index (χ0) is 19.4. The number of guanidine groups is 1. The van der Waals surface area contributed by atoms with Crippen LogP contribution < -0.4 is 10.6 Å². The van der Waals surface area contributed by atoms with Crippen LogP contribution in [0.15, 0.2) is 35.3 Å². The van der Waals surface area contributed by atoms with Crippen molar-refractivity contribution in [2.45, 2.75) is 39.8 Å². The molecule has 0 aliphatic carbocycles. The molecule has 0 spiro atoms. The number of benzene rings is 1. The molecule has 7 nitrogen and oxygen atoms in total. The lowest BCUT2D eigenvalue weighted by Crippen LogP contribution is -2.44. The largest absolute Gasteiger partial charge is 0.357 e. The average molecular weight is 390 g/mol. The lowest BCUT2D eigenvalue weighted by Gasteiger charge is -2.16. The number of sulfone groups is 1. The third-order valence-corrected chi connectivity index (χ3v) is 6.32. The quantitative estimate of drug-likeness (QED) is 0.601. The van der Waals surface area contributed by atoms with Crippen molar-refractivity contribution in [3.05, 3.63) is 47.3 Å². The van der Waals surface area contributed by atoms with Crippen LogP contribution >= 0.6 is 0 Å². The Morgan fingerprint density at radius 1 is 1.33 bits per heavy atom. The zero-order valence-corrected chi connectivity index (χ0v) is 16.9. The molecule has 0 saturated carbocycles. The minimum Gasteiger partial charge on any atom is -0.357 e. The summed E-state index contributed by atoms with van der Waals surface area (Å²) in [6.07, 6.45) is 0.620. The molecule has 0 bridgehead atoms. The van der Waals surface area contributed by atoms with Crippen LogP contribution in [-0.2, 0) is 16.4 Å². The van der Waals surface area contributed by atoms with E-state index in [-0.39, 0.29) is 17.5 Å². The Morgan fingerprint density at radius 3 is 2.74 bits per heavy atom. The number of para-hydroxylation sites is 1. The predicted octanol–water partition coefficient (Wildman–Crippen LogP) is 1.73. The number of nitrogens with one attached hydrogen (secondary N) is 2. The fourth-order valence-corrected chi connectivity index (χ4v) is 4.98. The molecule has 2 aromatic rings. The van der Waals surface area contributed by atoms with Crippen LogP contribution in [0.1, 0.15) is 30.3 Å². The van der Waals surface area contributed by atoms with Crippen LogP contribution in [0, 0.1) is 13.8 Å². The minimum absolute atomic E-state index is 0.0842. The Kier molecular flexibility index (Phi) is 5.84. The summed E-state index contributed by atoms with van der Waals surface area (Å²) in [6.45, 7) is 7.19. The highest BCUT2D eigenvalue weighted by molar-refractivity contribution is 7.91. The molecule has 0 radical (unpaired) electrons. The van der Waals surface area contributed by atoms with Gasteiger partial charge in [0.25, 0.3) is 0 Å². The number of nitrogens with zero attached hydrogens (tertiary/aromatic N) is 3. The number of aromatic nitrogens is 2. The van der Waals surface area contributed by atoms with Crippen molar-refractivity contribution < 1.29 is 8.42 Å². The molecule has 1 aromatic heterocycles. The van der Waals surface area contributed by atoms with Gasteiger partial charge in [-0.2, -0.15) is 5.10 Å². The van der Waals surface area contributed by atoms with Gasteiger partial charge in [0.15, 0.2) is 15.8 Å². The molecular formula is C19H27N5O2S. The van der Waals surface area contributed by atoms with Crippen molar-refractivity contribution in [3.8, 4) is 5.69 Å². The van der Waals surface area contributed by atoms with Crippen molar-refractivity contribution in [2.75, 3.05) is 18.1 Å². The maximum absolute atomic E-state index is 11.7. The van der Waals surface area contributed by atoms with Crippen molar-refractivity contribution >= 4 is 15.8 Å². The molecule has 1 aliphatic rings. The standard InChI is InChI=1S/C19H27N5O2S/c1-4-20-19(22-17-9-10-27(25,26)13-17)21-12-16-7-5-6-8-18(16)24-15(3)11-14(2)23-24/h5-8,11,17H,4,9-10,12-13H2,1-3H3,(H2,20,21,22). The average Bonchev–Trinajstić information content (AvgIpc) is 3.13. The van der Waals surface area contributed by atoms with Gasteiger partial charge in [0.1, 0.15) is 0 Å². The second-order valence-electron chi connectivity index (χ2n) is 6.91. The first kappa shape index (κ1) is 19.4. The van der Waals surface area contributed by atoms with Gasteiger partial charge in [-0.3, -0.25) is 0 Å². The van der Waals surface area contributed by atoms with Crippen molar-refractivity contribution in [3.63, 3.8) is 0 Å². The van der Waals surface area contributed by atoms with Crippen LogP contribution in [-0.4, -0.2) is 48.3 Å². The highest BCUT2D eigenvalue weighted by atomic mass is 32.2. The highest BCUT2D eigenvalue weighted by Crippen LogP contribution is 2.18. The number of aliphatic imine (C=N–C) groups is 1. The molecule has 2 N–H and O–H groups in total. The van der Waals surface area contributed by atoms with E-state index in [9.17, 15) is 8.42 Å². The summed E-state index contributed by atoms with van der Waals surface area (Å²) < 4.78 is 25.3. The van der Waals surface area contributed by atoms with Crippen molar-refractivity contribution in [2.24, 2.45) is 4.99 Å². The van der Waals surface area contributed by atoms with Gasteiger partial charge < -0.3 is 10.6 Å². The molecule has 1 aromatic carbocycles. The summed E-state index contributed by atoms with van der Waals surface area (Å²) in [6, 6.07) is 10.0. The molecule has 2 heterocycles. The van der Waals surface area contributed by atoms with E-state index in [0.29, 0.717) is 25.5 Å². The lowest BCUT2D eigenvalue weighted by atomic mass is 10.2. The smallest absolute Gasteiger partial charge is 0.191 e. The fraction of sp³-hybridized carbons (Fsp3) is 0.474. The van der Waals surface area contributed by atoms with Gasteiger partial charge in [0, 0.05) is 18.3 Å². The topological polar surface area (TPSA) is 88.4 Å². The molecule has 146 valence electrons. The molecule has 8 heteroatoms. The number of hydrogen-bond acceptors (Lipinski definition) is 4. The van der Waals surface area contributed by atoms with Gasteiger partial charge >= 0.3 is 0 Å². The van der Waals surface area contributed by atoms with Crippen LogP contribution in [0.4, 0.5) is 0 Å². The van der Waals surface area contributed by atoms with Gasteiger partial charge in [-0.05, 0) is 44.9 Å². The molecule has 1 aliphatic heterocycles. The molecule has 27 heavy (non-hydrogen) atoms. The van der Waals surface area contributed by atoms with Crippen molar-refractivity contribution in [1.29, 1.82) is 0 Å². The summed E-state index contributed by atoms with van der Waals surface area (Å²) in [5.41, 5.74) is 4.11. The molecule has 1 unspecified atom stereocenters. The second kappa shape index (κ2) is 8.12. The third-order valence-electron chi connectivity index (χ3n) is 4.55. The maximum Gasteiger partial charge on any atom is 0.191 e. The predicted molar refractivity (Wildman–Crippen MR) is 108 cm³/mol. The Labute approximate surface area is 160 Å². The van der Waals surface area contributed by atoms with Crippen LogP contribution in [0.3, 0.4) is 0 Å². The third kappa shape index (κ3) is 4.88. The van der Waals surface area contributed by atoms with E-state index in [1.54, 1.807) is 0 Å². The summed E-state index contributed by atoms with van der Waals surface area (Å²) in [5, 5.41) is 11.0. The summed E-state index contributed by atoms with van der Waals surface area (Å²) >= 11 is 0. The molecule has 3 rings (SSSR count). The summed E-state index contributed by atoms with van der Waals surface area (Å²) in [5.74, 6) is 1.05. The second-order valence-corrected chi connectivity index (χ2v) is 9.14. The SMILES string of the molecule is CCNC(=NCc1ccccc1-n1nc(C)cc1C)NC1CCS(=O)(=O)C1. The minimum atomic E-state index is -2.93. The van der Waals surface area contributed by atoms with E-state index in [1.165, 1.54) is 0 Å². The monoisotopic (exact) mass is 389 g/mol. The first-order valence-electron chi connectivity index (χ1n) is 9.25. The Bertz CT molecular complexity index is 933. The molecule has 1 atom stereocenters. The van der Waals surface area contributed by atoms with E-state index >= 15 is 0 Å². The van der Waals surface area contributed by atoms with Gasteiger partial charge in [-0.25, -0.2) is 18.1 Å². The van der Waals surface area contributed by atoms with Gasteiger partial charge in [0.2, 0.25) is 0 Å². The number of aryl methyl sites for hydroxylation is 2. The normalized spacial score (nSPS) is 19.2. The molecular weight excluding hydrogens is 362 g/mol. The molecule has 1 saturated heterocycles. The lowest BCUT2D eigenvalue weighted by molar-refractivity contribution is 0.599. The van der Waals surface area contributed by atoms with Crippen LogP contribution in [0.25, 0.3) is 5.69 Å². The van der Waals surface area contributed by atoms with Gasteiger partial charge in [0.05, 0.1) is 29.4 Å². The fourth-order valence-electron chi connectivity index (χ4n) is 3.31. The van der Waals surface area contributed by atoms with E-state index in [2.05, 4.69) is 20.7 Å².